The molecule has 3 rings (SSSR count). The Labute approximate surface area is 153 Å². The number of hydrogen-bond acceptors (Lipinski definition) is 4. The number of aromatic nitrogens is 2. The summed E-state index contributed by atoms with van der Waals surface area (Å²) >= 11 is 0. The van der Waals surface area contributed by atoms with Gasteiger partial charge in [-0.1, -0.05) is 6.92 Å². The van der Waals surface area contributed by atoms with Crippen LogP contribution < -0.4 is 5.32 Å². The number of furan rings is 1. The van der Waals surface area contributed by atoms with Crippen LogP contribution >= 0.6 is 0 Å². The Morgan fingerprint density at radius 2 is 2.23 bits per heavy atom. The Balaban J connectivity index is 1.53. The summed E-state index contributed by atoms with van der Waals surface area (Å²) in [5.74, 6) is 0.209. The van der Waals surface area contributed by atoms with E-state index in [1.807, 2.05) is 24.6 Å². The van der Waals surface area contributed by atoms with Gasteiger partial charge in [-0.2, -0.15) is 5.10 Å². The number of carbonyl (C=O) groups excluding carboxylic acids is 2. The summed E-state index contributed by atoms with van der Waals surface area (Å²) in [6, 6.07) is 4.93. The standard InChI is InChI=1S/C19H26N4O3/c1-13(12-23-15(3)10-14(2)21-23)11-20-18(24)16-6-4-8-22(16)19(25)17-7-5-9-26-17/h5,7,9-10,13,16H,4,6,8,11-12H2,1-3H3,(H,20,24)/t13?,16-/m0/s1. The topological polar surface area (TPSA) is 80.4 Å². The smallest absolute Gasteiger partial charge is 0.290 e. The maximum atomic E-state index is 12.6. The van der Waals surface area contributed by atoms with Crippen LogP contribution in [0.25, 0.3) is 0 Å². The van der Waals surface area contributed by atoms with Crippen LogP contribution in [-0.2, 0) is 11.3 Å². The van der Waals surface area contributed by atoms with Crippen LogP contribution in [0, 0.1) is 19.8 Å². The van der Waals surface area contributed by atoms with E-state index in [1.54, 1.807) is 17.0 Å². The third kappa shape index (κ3) is 3.98. The molecule has 1 saturated heterocycles. The molecule has 7 nitrogen and oxygen atoms in total. The lowest BCUT2D eigenvalue weighted by Gasteiger charge is -2.24. The first-order valence-electron chi connectivity index (χ1n) is 9.09. The molecule has 0 saturated carbocycles. The van der Waals surface area contributed by atoms with Crippen LogP contribution in [0.3, 0.4) is 0 Å². The van der Waals surface area contributed by atoms with E-state index in [-0.39, 0.29) is 23.5 Å². The highest BCUT2D eigenvalue weighted by molar-refractivity contribution is 5.95. The predicted molar refractivity (Wildman–Crippen MR) is 96.6 cm³/mol. The van der Waals surface area contributed by atoms with Crippen LogP contribution in [-0.4, -0.2) is 45.6 Å². The Hall–Kier alpha value is -2.57. The molecule has 1 aliphatic rings. The van der Waals surface area contributed by atoms with Gasteiger partial charge in [0.25, 0.3) is 5.91 Å². The van der Waals surface area contributed by atoms with E-state index < -0.39 is 6.04 Å². The van der Waals surface area contributed by atoms with Crippen LogP contribution in [0.5, 0.6) is 0 Å². The van der Waals surface area contributed by atoms with Gasteiger partial charge in [-0.05, 0) is 50.8 Å². The van der Waals surface area contributed by atoms with E-state index in [9.17, 15) is 9.59 Å². The van der Waals surface area contributed by atoms with Crippen molar-refractivity contribution >= 4 is 11.8 Å². The van der Waals surface area contributed by atoms with Gasteiger partial charge in [0.1, 0.15) is 6.04 Å². The molecule has 26 heavy (non-hydrogen) atoms. The zero-order chi connectivity index (χ0) is 18.7. The van der Waals surface area contributed by atoms with Crippen LogP contribution in [0.4, 0.5) is 0 Å². The molecule has 0 bridgehead atoms. The number of aryl methyl sites for hydroxylation is 2. The lowest BCUT2D eigenvalue weighted by Crippen LogP contribution is -2.47. The van der Waals surface area contributed by atoms with Crippen molar-refractivity contribution in [3.05, 3.63) is 41.6 Å². The van der Waals surface area contributed by atoms with Gasteiger partial charge in [-0.25, -0.2) is 0 Å². The van der Waals surface area contributed by atoms with Crippen molar-refractivity contribution in [2.24, 2.45) is 5.92 Å². The zero-order valence-electron chi connectivity index (χ0n) is 15.6. The summed E-state index contributed by atoms with van der Waals surface area (Å²) in [7, 11) is 0. The first-order valence-corrected chi connectivity index (χ1v) is 9.09. The van der Waals surface area contributed by atoms with Crippen LogP contribution in [0.2, 0.25) is 0 Å². The summed E-state index contributed by atoms with van der Waals surface area (Å²) in [5.41, 5.74) is 2.11. The first kappa shape index (κ1) is 18.2. The van der Waals surface area contributed by atoms with Crippen molar-refractivity contribution in [2.45, 2.75) is 46.2 Å². The molecule has 2 atom stereocenters. The van der Waals surface area contributed by atoms with Gasteiger partial charge in [0.05, 0.1) is 12.0 Å². The van der Waals surface area contributed by atoms with Gasteiger partial charge < -0.3 is 14.6 Å². The Morgan fingerprint density at radius 1 is 1.42 bits per heavy atom. The highest BCUT2D eigenvalue weighted by Crippen LogP contribution is 2.20. The lowest BCUT2D eigenvalue weighted by molar-refractivity contribution is -0.125. The van der Waals surface area contributed by atoms with Gasteiger partial charge >= 0.3 is 0 Å². The third-order valence-corrected chi connectivity index (χ3v) is 4.76. The molecule has 1 fully saturated rings. The molecular weight excluding hydrogens is 332 g/mol. The average Bonchev–Trinajstić information content (AvgIpc) is 3.33. The molecular formula is C19H26N4O3. The van der Waals surface area contributed by atoms with E-state index in [0.717, 1.165) is 24.4 Å². The molecule has 2 aromatic heterocycles. The molecule has 1 aliphatic heterocycles. The van der Waals surface area contributed by atoms with Crippen molar-refractivity contribution in [2.75, 3.05) is 13.1 Å². The lowest BCUT2D eigenvalue weighted by atomic mass is 10.1. The fourth-order valence-electron chi connectivity index (χ4n) is 3.44. The molecule has 0 aromatic carbocycles. The van der Waals surface area contributed by atoms with Gasteiger partial charge in [-0.3, -0.25) is 14.3 Å². The van der Waals surface area contributed by atoms with E-state index in [0.29, 0.717) is 19.5 Å². The highest BCUT2D eigenvalue weighted by Gasteiger charge is 2.35. The molecule has 7 heteroatoms. The number of likely N-dealkylation sites (tertiary alicyclic amines) is 1. The molecule has 3 heterocycles. The van der Waals surface area contributed by atoms with Gasteiger partial charge in [0.2, 0.25) is 5.91 Å². The van der Waals surface area contributed by atoms with Crippen molar-refractivity contribution in [3.8, 4) is 0 Å². The van der Waals surface area contributed by atoms with Crippen LogP contribution in [0.15, 0.2) is 28.9 Å². The zero-order valence-corrected chi connectivity index (χ0v) is 15.6. The Bertz CT molecular complexity index is 766. The van der Waals surface area contributed by atoms with E-state index in [1.165, 1.54) is 6.26 Å². The molecule has 0 aliphatic carbocycles. The van der Waals surface area contributed by atoms with Crippen molar-refractivity contribution in [1.82, 2.24) is 20.0 Å². The maximum absolute atomic E-state index is 12.6. The second-order valence-electron chi connectivity index (χ2n) is 7.09. The average molecular weight is 358 g/mol. The number of rotatable bonds is 6. The predicted octanol–water partition coefficient (Wildman–Crippen LogP) is 2.15. The highest BCUT2D eigenvalue weighted by atomic mass is 16.3. The van der Waals surface area contributed by atoms with Crippen LogP contribution in [0.1, 0.15) is 41.7 Å². The second-order valence-corrected chi connectivity index (χ2v) is 7.09. The minimum atomic E-state index is -0.423. The third-order valence-electron chi connectivity index (χ3n) is 4.76. The molecule has 0 radical (unpaired) electrons. The number of nitrogens with one attached hydrogen (secondary N) is 1. The molecule has 0 spiro atoms. The summed E-state index contributed by atoms with van der Waals surface area (Å²) in [6.45, 7) is 7.97. The normalized spacial score (nSPS) is 18.1. The maximum Gasteiger partial charge on any atom is 0.290 e. The molecule has 1 N–H and O–H groups in total. The summed E-state index contributed by atoms with van der Waals surface area (Å²) < 4.78 is 7.15. The fraction of sp³-hybridized carbons (Fsp3) is 0.526. The molecule has 140 valence electrons. The van der Waals surface area contributed by atoms with Gasteiger partial charge in [-0.15, -0.1) is 0 Å². The number of hydrogen-bond donors (Lipinski definition) is 1. The minimum absolute atomic E-state index is 0.0948. The molecule has 1 unspecified atom stereocenters. The summed E-state index contributed by atoms with van der Waals surface area (Å²) in [6.07, 6.45) is 2.98. The van der Waals surface area contributed by atoms with E-state index in [4.69, 9.17) is 4.42 Å². The van der Waals surface area contributed by atoms with E-state index >= 15 is 0 Å². The summed E-state index contributed by atoms with van der Waals surface area (Å²) in [4.78, 5) is 26.7. The second kappa shape index (κ2) is 7.76. The van der Waals surface area contributed by atoms with Crippen molar-refractivity contribution in [3.63, 3.8) is 0 Å². The first-order chi connectivity index (χ1) is 12.5. The van der Waals surface area contributed by atoms with Gasteiger partial charge in [0.15, 0.2) is 5.76 Å². The molecule has 2 aromatic rings. The SMILES string of the molecule is Cc1cc(C)n(CC(C)CNC(=O)[C@@H]2CCCN2C(=O)c2ccco2)n1. The molecule has 2 amide bonds. The van der Waals surface area contributed by atoms with Gasteiger partial charge in [0, 0.05) is 25.3 Å². The number of amides is 2. The largest absolute Gasteiger partial charge is 0.459 e. The van der Waals surface area contributed by atoms with Crippen molar-refractivity contribution in [1.29, 1.82) is 0 Å². The Kier molecular flexibility index (Phi) is 5.44. The summed E-state index contributed by atoms with van der Waals surface area (Å²) in [5, 5.41) is 7.46. The number of nitrogens with zero attached hydrogens (tertiary/aromatic N) is 3. The van der Waals surface area contributed by atoms with Crippen molar-refractivity contribution < 1.29 is 14.0 Å². The number of carbonyl (C=O) groups is 2. The minimum Gasteiger partial charge on any atom is -0.459 e. The monoisotopic (exact) mass is 358 g/mol. The Morgan fingerprint density at radius 3 is 2.88 bits per heavy atom. The quantitative estimate of drug-likeness (QED) is 0.858. The van der Waals surface area contributed by atoms with E-state index in [2.05, 4.69) is 17.3 Å². The fourth-order valence-corrected chi connectivity index (χ4v) is 3.44.